The van der Waals surface area contributed by atoms with Gasteiger partial charge in [-0.1, -0.05) is 24.3 Å². The maximum absolute atomic E-state index is 6.61. The Bertz CT molecular complexity index is 3140. The first-order chi connectivity index (χ1) is 31.8. The molecule has 1 aliphatic carbocycles. The highest BCUT2D eigenvalue weighted by Crippen LogP contribution is 2.47. The van der Waals surface area contributed by atoms with Crippen molar-refractivity contribution >= 4 is 31.9 Å². The number of nitrogens with zero attached hydrogens (tertiary/aromatic N) is 2. The molecule has 0 spiro atoms. The molecule has 0 radical (unpaired) electrons. The number of halogens is 2. The van der Waals surface area contributed by atoms with Crippen molar-refractivity contribution in [3.8, 4) is 78.9 Å². The molecule has 9 rings (SSSR count). The number of aromatic nitrogens is 2. The van der Waals surface area contributed by atoms with Crippen LogP contribution in [0.2, 0.25) is 0 Å². The molecular formula is C61H58Br2N2O2. The minimum atomic E-state index is 0.760. The number of pyridine rings is 2. The van der Waals surface area contributed by atoms with Crippen LogP contribution in [-0.2, 0) is 6.42 Å². The van der Waals surface area contributed by atoms with E-state index in [0.717, 1.165) is 83.4 Å². The number of aryl methyl sites for hydroxylation is 4. The highest BCUT2D eigenvalue weighted by atomic mass is 79.9. The van der Waals surface area contributed by atoms with Gasteiger partial charge in [0.15, 0.2) is 0 Å². The third-order valence-corrected chi connectivity index (χ3v) is 16.3. The van der Waals surface area contributed by atoms with E-state index in [4.69, 9.17) is 19.4 Å². The number of rotatable bonds is 8. The van der Waals surface area contributed by atoms with Crippen LogP contribution in [0.25, 0.3) is 55.9 Å². The Kier molecular flexibility index (Phi) is 12.2. The fourth-order valence-electron chi connectivity index (χ4n) is 10.2. The quantitative estimate of drug-likeness (QED) is 0.152. The minimum absolute atomic E-state index is 0.760. The molecule has 6 aromatic carbocycles. The lowest BCUT2D eigenvalue weighted by molar-refractivity contribution is 0.479. The molecule has 0 fully saturated rings. The Morgan fingerprint density at radius 3 is 1.09 bits per heavy atom. The monoisotopic (exact) mass is 1010 g/mol. The molecule has 0 amide bonds. The van der Waals surface area contributed by atoms with Crippen molar-refractivity contribution in [2.45, 2.75) is 103 Å². The van der Waals surface area contributed by atoms with Gasteiger partial charge in [0.1, 0.15) is 23.0 Å². The van der Waals surface area contributed by atoms with Crippen molar-refractivity contribution in [1.29, 1.82) is 0 Å². The predicted molar refractivity (Wildman–Crippen MR) is 287 cm³/mol. The maximum atomic E-state index is 6.61. The van der Waals surface area contributed by atoms with E-state index in [0.29, 0.717) is 0 Å². The van der Waals surface area contributed by atoms with Crippen LogP contribution < -0.4 is 9.47 Å². The molecule has 67 heavy (non-hydrogen) atoms. The Morgan fingerprint density at radius 1 is 0.373 bits per heavy atom. The third-order valence-electron chi connectivity index (χ3n) is 15.1. The summed E-state index contributed by atoms with van der Waals surface area (Å²) in [5.74, 6) is 3.05. The van der Waals surface area contributed by atoms with Crippen LogP contribution >= 0.6 is 31.9 Å². The number of fused-ring (bicyclic) bond motifs is 3. The van der Waals surface area contributed by atoms with E-state index in [-0.39, 0.29) is 0 Å². The molecule has 0 saturated carbocycles. The van der Waals surface area contributed by atoms with E-state index in [9.17, 15) is 0 Å². The minimum Gasteiger partial charge on any atom is -0.456 e. The average molecular weight is 1010 g/mol. The second-order valence-corrected chi connectivity index (χ2v) is 20.6. The van der Waals surface area contributed by atoms with Gasteiger partial charge in [-0.25, -0.2) is 0 Å². The third kappa shape index (κ3) is 8.14. The van der Waals surface area contributed by atoms with Crippen LogP contribution in [0, 0.1) is 96.9 Å². The summed E-state index contributed by atoms with van der Waals surface area (Å²) < 4.78 is 15.0. The van der Waals surface area contributed by atoms with Gasteiger partial charge in [-0.2, -0.15) is 0 Å². The summed E-state index contributed by atoms with van der Waals surface area (Å²) in [5, 5.41) is 0. The van der Waals surface area contributed by atoms with Crippen LogP contribution in [0.3, 0.4) is 0 Å². The summed E-state index contributed by atoms with van der Waals surface area (Å²) in [5.41, 5.74) is 31.5. The van der Waals surface area contributed by atoms with Crippen LogP contribution in [0.5, 0.6) is 23.0 Å². The van der Waals surface area contributed by atoms with Gasteiger partial charge in [0.05, 0.1) is 20.3 Å². The van der Waals surface area contributed by atoms with Crippen molar-refractivity contribution < 1.29 is 9.47 Å². The number of hydrogen-bond acceptors (Lipinski definition) is 4. The highest BCUT2D eigenvalue weighted by Gasteiger charge is 2.25. The van der Waals surface area contributed by atoms with Gasteiger partial charge >= 0.3 is 0 Å². The normalized spacial score (nSPS) is 11.8. The second kappa shape index (κ2) is 17.7. The average Bonchev–Trinajstić information content (AvgIpc) is 3.63. The zero-order valence-electron chi connectivity index (χ0n) is 41.3. The van der Waals surface area contributed by atoms with Gasteiger partial charge in [0.25, 0.3) is 0 Å². The van der Waals surface area contributed by atoms with E-state index in [1.54, 1.807) is 0 Å². The molecule has 0 atom stereocenters. The van der Waals surface area contributed by atoms with E-state index in [1.807, 2.05) is 0 Å². The first-order valence-electron chi connectivity index (χ1n) is 23.2. The summed E-state index contributed by atoms with van der Waals surface area (Å²) >= 11 is 7.67. The predicted octanol–water partition coefficient (Wildman–Crippen LogP) is 18.1. The van der Waals surface area contributed by atoms with Gasteiger partial charge in [-0.05, 0) is 296 Å². The van der Waals surface area contributed by atoms with Gasteiger partial charge in [0.2, 0.25) is 0 Å². The second-order valence-electron chi connectivity index (χ2n) is 18.9. The summed E-state index contributed by atoms with van der Waals surface area (Å²) in [4.78, 5) is 10.5. The van der Waals surface area contributed by atoms with Crippen LogP contribution in [0.1, 0.15) is 89.3 Å². The molecule has 2 heterocycles. The van der Waals surface area contributed by atoms with E-state index >= 15 is 0 Å². The largest absolute Gasteiger partial charge is 0.456 e. The first-order valence-corrected chi connectivity index (χ1v) is 24.7. The van der Waals surface area contributed by atoms with Crippen molar-refractivity contribution in [2.75, 3.05) is 0 Å². The molecule has 338 valence electrons. The van der Waals surface area contributed by atoms with Crippen molar-refractivity contribution in [2.24, 2.45) is 0 Å². The van der Waals surface area contributed by atoms with E-state index < -0.39 is 0 Å². The summed E-state index contributed by atoms with van der Waals surface area (Å²) in [6.45, 7) is 30.7. The maximum Gasteiger partial charge on any atom is 0.142 e. The molecule has 2 aromatic heterocycles. The lowest BCUT2D eigenvalue weighted by Gasteiger charge is -2.20. The van der Waals surface area contributed by atoms with Crippen LogP contribution in [-0.4, -0.2) is 9.97 Å². The van der Waals surface area contributed by atoms with E-state index in [1.165, 1.54) is 100 Å². The summed E-state index contributed by atoms with van der Waals surface area (Å²) in [7, 11) is 0. The Labute approximate surface area is 414 Å². The van der Waals surface area contributed by atoms with E-state index in [2.05, 4.69) is 214 Å². The molecule has 0 unspecified atom stereocenters. The molecule has 0 N–H and O–H groups in total. The number of benzene rings is 6. The molecule has 0 aliphatic heterocycles. The summed E-state index contributed by atoms with van der Waals surface area (Å²) in [6.07, 6.45) is 0.826. The van der Waals surface area contributed by atoms with Crippen molar-refractivity contribution in [3.05, 3.63) is 183 Å². The van der Waals surface area contributed by atoms with Gasteiger partial charge in [0, 0.05) is 33.6 Å². The van der Waals surface area contributed by atoms with Gasteiger partial charge < -0.3 is 9.47 Å². The van der Waals surface area contributed by atoms with Crippen LogP contribution in [0.15, 0.2) is 93.9 Å². The smallest absolute Gasteiger partial charge is 0.142 e. The molecule has 0 bridgehead atoms. The Balaban J connectivity index is 0.947. The fraction of sp³-hybridized carbons (Fsp3) is 0.246. The van der Waals surface area contributed by atoms with Crippen molar-refractivity contribution in [1.82, 2.24) is 9.97 Å². The Hall–Kier alpha value is -5.82. The lowest BCUT2D eigenvalue weighted by Crippen LogP contribution is -2.03. The Morgan fingerprint density at radius 2 is 0.731 bits per heavy atom. The SMILES string of the molecule is Cc1cc(-c2nc(C)c(-c3ccc(Oc4cc5c(cc4Br)Cc4cc(Br)c(Oc6ccc(-c7c(C)nc(-c8cc(C)c(C)c(C)c8C)c(C)c7C)cc6)cc4-5)cc3)c(C)c2C)c(C)c(C)c1C. The van der Waals surface area contributed by atoms with Gasteiger partial charge in [-0.15, -0.1) is 0 Å². The molecule has 4 nitrogen and oxygen atoms in total. The zero-order chi connectivity index (χ0) is 47.9. The molecule has 0 saturated heterocycles. The molecule has 1 aliphatic rings. The topological polar surface area (TPSA) is 44.2 Å². The van der Waals surface area contributed by atoms with Crippen LogP contribution in [0.4, 0.5) is 0 Å². The van der Waals surface area contributed by atoms with Crippen molar-refractivity contribution in [3.63, 3.8) is 0 Å². The van der Waals surface area contributed by atoms with Gasteiger partial charge in [-0.3, -0.25) is 9.97 Å². The molecular weight excluding hydrogens is 952 g/mol. The number of ether oxygens (including phenoxy) is 2. The zero-order valence-corrected chi connectivity index (χ0v) is 44.4. The molecule has 8 aromatic rings. The lowest BCUT2D eigenvalue weighted by atomic mass is 9.88. The standard InChI is InChI=1S/C61H58Br2N2O2/c1-30-23-50(36(7)34(5)32(30)3)60-40(11)38(9)58(42(13)64-60)44-15-19-48(20-16-44)66-56-28-52-46(26-54(56)62)25-47-27-55(63)57(29-53(47)52)67-49-21-17-45(18-22-49)59-39(10)41(12)61(65-43(59)14)51-24-31(2)33(4)35(6)37(51)8/h15-24,26-29H,25H2,1-14H3. The highest BCUT2D eigenvalue weighted by molar-refractivity contribution is 9.11. The number of hydrogen-bond donors (Lipinski definition) is 0. The molecule has 6 heteroatoms. The summed E-state index contributed by atoms with van der Waals surface area (Å²) in [6, 6.07) is 30.1. The fourth-order valence-corrected chi connectivity index (χ4v) is 11.1. The first kappa shape index (κ1) is 46.3.